The molecule has 0 fully saturated rings. The molecule has 1 rings (SSSR count). The predicted molar refractivity (Wildman–Crippen MR) is 85.5 cm³/mol. The van der Waals surface area contributed by atoms with Crippen LogP contribution in [0.5, 0.6) is 5.75 Å². The predicted octanol–water partition coefficient (Wildman–Crippen LogP) is 3.67. The lowest BCUT2D eigenvalue weighted by atomic mass is 9.83. The van der Waals surface area contributed by atoms with E-state index in [1.54, 1.807) is 7.11 Å². The molecule has 1 heterocycles. The lowest BCUT2D eigenvalue weighted by molar-refractivity contribution is 0.320. The molecule has 0 aromatic carbocycles. The van der Waals surface area contributed by atoms with E-state index < -0.39 is 0 Å². The Labute approximate surface area is 124 Å². The van der Waals surface area contributed by atoms with E-state index in [-0.39, 0.29) is 5.41 Å². The molecule has 0 saturated carbocycles. The van der Waals surface area contributed by atoms with E-state index in [0.29, 0.717) is 0 Å². The molecule has 20 heavy (non-hydrogen) atoms. The maximum absolute atomic E-state index is 5.49. The van der Waals surface area contributed by atoms with Crippen molar-refractivity contribution < 1.29 is 4.74 Å². The van der Waals surface area contributed by atoms with Gasteiger partial charge in [0.1, 0.15) is 5.75 Å². The van der Waals surface area contributed by atoms with Crippen molar-refractivity contribution in [1.82, 2.24) is 10.3 Å². The van der Waals surface area contributed by atoms with E-state index in [9.17, 15) is 0 Å². The molecule has 0 bridgehead atoms. The molecular formula is C17H30N2O. The Morgan fingerprint density at radius 2 is 1.95 bits per heavy atom. The quantitative estimate of drug-likeness (QED) is 0.737. The molecule has 0 aliphatic heterocycles. The summed E-state index contributed by atoms with van der Waals surface area (Å²) < 4.78 is 5.49. The molecule has 3 nitrogen and oxygen atoms in total. The van der Waals surface area contributed by atoms with Gasteiger partial charge >= 0.3 is 0 Å². The van der Waals surface area contributed by atoms with Crippen LogP contribution >= 0.6 is 0 Å². The first-order chi connectivity index (χ1) is 9.41. The second-order valence-electron chi connectivity index (χ2n) is 6.39. The van der Waals surface area contributed by atoms with Gasteiger partial charge in [0.25, 0.3) is 0 Å². The van der Waals surface area contributed by atoms with Crippen LogP contribution in [0, 0.1) is 19.3 Å². The molecule has 0 aliphatic rings. The van der Waals surface area contributed by atoms with E-state index in [0.717, 1.165) is 42.9 Å². The maximum atomic E-state index is 5.49. The minimum atomic E-state index is 0.249. The summed E-state index contributed by atoms with van der Waals surface area (Å²) in [5, 5.41) is 3.48. The van der Waals surface area contributed by atoms with Crippen LogP contribution in [-0.4, -0.2) is 25.2 Å². The molecule has 0 atom stereocenters. The number of aryl methyl sites for hydroxylation is 1. The molecule has 0 spiro atoms. The normalized spacial score (nSPS) is 11.7. The average Bonchev–Trinajstić information content (AvgIpc) is 2.39. The smallest absolute Gasteiger partial charge is 0.128 e. The number of nitrogens with one attached hydrogen (secondary N) is 1. The average molecular weight is 278 g/mol. The zero-order valence-electron chi connectivity index (χ0n) is 14.0. The standard InChI is InChI=1S/C17H30N2O/c1-7-9-18-10-8-17(4,5)11-15-14(3)16(20-6)13(2)12-19-15/h12,18H,7-11H2,1-6H3. The van der Waals surface area contributed by atoms with Crippen LogP contribution in [0.3, 0.4) is 0 Å². The fraction of sp³-hybridized carbons (Fsp3) is 0.706. The fourth-order valence-electron chi connectivity index (χ4n) is 2.52. The van der Waals surface area contributed by atoms with Crippen molar-refractivity contribution in [3.63, 3.8) is 0 Å². The second kappa shape index (κ2) is 7.63. The highest BCUT2D eigenvalue weighted by Crippen LogP contribution is 2.30. The lowest BCUT2D eigenvalue weighted by Gasteiger charge is -2.26. The van der Waals surface area contributed by atoms with Crippen molar-refractivity contribution in [3.8, 4) is 5.75 Å². The van der Waals surface area contributed by atoms with Gasteiger partial charge in [0.05, 0.1) is 7.11 Å². The van der Waals surface area contributed by atoms with Crippen molar-refractivity contribution >= 4 is 0 Å². The van der Waals surface area contributed by atoms with Crippen molar-refractivity contribution in [3.05, 3.63) is 23.0 Å². The zero-order valence-corrected chi connectivity index (χ0v) is 14.0. The van der Waals surface area contributed by atoms with Gasteiger partial charge in [-0.1, -0.05) is 20.8 Å². The Bertz CT molecular complexity index is 427. The Morgan fingerprint density at radius 1 is 1.25 bits per heavy atom. The molecule has 1 N–H and O–H groups in total. The van der Waals surface area contributed by atoms with E-state index in [4.69, 9.17) is 4.74 Å². The highest BCUT2D eigenvalue weighted by atomic mass is 16.5. The van der Waals surface area contributed by atoms with E-state index >= 15 is 0 Å². The number of pyridine rings is 1. The largest absolute Gasteiger partial charge is 0.496 e. The van der Waals surface area contributed by atoms with Gasteiger partial charge in [0, 0.05) is 23.0 Å². The van der Waals surface area contributed by atoms with Gasteiger partial charge in [-0.25, -0.2) is 0 Å². The molecule has 1 aromatic rings. The maximum Gasteiger partial charge on any atom is 0.128 e. The van der Waals surface area contributed by atoms with Crippen molar-refractivity contribution in [2.45, 2.75) is 53.9 Å². The third-order valence-corrected chi connectivity index (χ3v) is 3.80. The summed E-state index contributed by atoms with van der Waals surface area (Å²) in [5.74, 6) is 0.981. The molecule has 114 valence electrons. The summed E-state index contributed by atoms with van der Waals surface area (Å²) >= 11 is 0. The van der Waals surface area contributed by atoms with Crippen molar-refractivity contribution in [2.24, 2.45) is 5.41 Å². The number of aromatic nitrogens is 1. The number of nitrogens with zero attached hydrogens (tertiary/aromatic N) is 1. The molecule has 1 aromatic heterocycles. The van der Waals surface area contributed by atoms with Gasteiger partial charge in [-0.3, -0.25) is 4.98 Å². The molecule has 3 heteroatoms. The number of hydrogen-bond donors (Lipinski definition) is 1. The van der Waals surface area contributed by atoms with Crippen molar-refractivity contribution in [1.29, 1.82) is 0 Å². The monoisotopic (exact) mass is 278 g/mol. The van der Waals surface area contributed by atoms with Gasteiger partial charge in [-0.2, -0.15) is 0 Å². The highest BCUT2D eigenvalue weighted by Gasteiger charge is 2.21. The Hall–Kier alpha value is -1.09. The summed E-state index contributed by atoms with van der Waals surface area (Å²) in [4.78, 5) is 4.62. The minimum absolute atomic E-state index is 0.249. The van der Waals surface area contributed by atoms with Gasteiger partial charge in [0.2, 0.25) is 0 Å². The zero-order chi connectivity index (χ0) is 15.2. The topological polar surface area (TPSA) is 34.2 Å². The Morgan fingerprint density at radius 3 is 2.55 bits per heavy atom. The minimum Gasteiger partial charge on any atom is -0.496 e. The summed E-state index contributed by atoms with van der Waals surface area (Å²) in [6, 6.07) is 0. The fourth-order valence-corrected chi connectivity index (χ4v) is 2.52. The molecule has 0 amide bonds. The molecule has 0 unspecified atom stereocenters. The second-order valence-corrected chi connectivity index (χ2v) is 6.39. The van der Waals surface area contributed by atoms with Crippen LogP contribution in [0.1, 0.15) is 50.4 Å². The molecular weight excluding hydrogens is 248 g/mol. The van der Waals surface area contributed by atoms with E-state index in [1.807, 2.05) is 13.1 Å². The summed E-state index contributed by atoms with van der Waals surface area (Å²) in [5.41, 5.74) is 3.70. The number of ether oxygens (including phenoxy) is 1. The lowest BCUT2D eigenvalue weighted by Crippen LogP contribution is -2.25. The molecule has 0 radical (unpaired) electrons. The van der Waals surface area contributed by atoms with E-state index in [1.165, 1.54) is 12.0 Å². The van der Waals surface area contributed by atoms with Gasteiger partial charge in [0.15, 0.2) is 0 Å². The Balaban J connectivity index is 2.71. The summed E-state index contributed by atoms with van der Waals surface area (Å²) in [6.07, 6.45) is 5.26. The summed E-state index contributed by atoms with van der Waals surface area (Å²) in [6.45, 7) is 13.2. The number of methoxy groups -OCH3 is 1. The van der Waals surface area contributed by atoms with Crippen LogP contribution in [-0.2, 0) is 6.42 Å². The SMILES string of the molecule is CCCNCCC(C)(C)Cc1ncc(C)c(OC)c1C. The number of rotatable bonds is 8. The van der Waals surface area contributed by atoms with Gasteiger partial charge < -0.3 is 10.1 Å². The van der Waals surface area contributed by atoms with E-state index in [2.05, 4.69) is 38.0 Å². The first-order valence-electron chi connectivity index (χ1n) is 7.61. The van der Waals surface area contributed by atoms with Crippen LogP contribution in [0.15, 0.2) is 6.20 Å². The third kappa shape index (κ3) is 4.78. The number of hydrogen-bond acceptors (Lipinski definition) is 3. The van der Waals surface area contributed by atoms with Gasteiger partial charge in [-0.15, -0.1) is 0 Å². The van der Waals surface area contributed by atoms with Crippen LogP contribution < -0.4 is 10.1 Å². The third-order valence-electron chi connectivity index (χ3n) is 3.80. The summed E-state index contributed by atoms with van der Waals surface area (Å²) in [7, 11) is 1.74. The highest BCUT2D eigenvalue weighted by molar-refractivity contribution is 5.41. The van der Waals surface area contributed by atoms with Crippen LogP contribution in [0.2, 0.25) is 0 Å². The van der Waals surface area contributed by atoms with Crippen molar-refractivity contribution in [2.75, 3.05) is 20.2 Å². The first kappa shape index (κ1) is 17.0. The van der Waals surface area contributed by atoms with Gasteiger partial charge in [-0.05, 0) is 51.6 Å². The van der Waals surface area contributed by atoms with Crippen LogP contribution in [0.25, 0.3) is 0 Å². The molecule has 0 saturated heterocycles. The molecule has 0 aliphatic carbocycles. The first-order valence-corrected chi connectivity index (χ1v) is 7.61. The Kier molecular flexibility index (Phi) is 6.47. The van der Waals surface area contributed by atoms with Crippen LogP contribution in [0.4, 0.5) is 0 Å².